The van der Waals surface area contributed by atoms with Crippen LogP contribution in [0, 0.1) is 23.7 Å². The third-order valence-electron chi connectivity index (χ3n) is 17.0. The smallest absolute Gasteiger partial charge is 0.462 e. The molecular formula is C71H138O17P2. The third kappa shape index (κ3) is 62.2. The van der Waals surface area contributed by atoms with E-state index < -0.39 is 97.5 Å². The van der Waals surface area contributed by atoms with Crippen LogP contribution in [-0.2, 0) is 65.4 Å². The number of carbonyl (C=O) groups is 4. The van der Waals surface area contributed by atoms with Gasteiger partial charge in [-0.3, -0.25) is 37.3 Å². The van der Waals surface area contributed by atoms with Crippen molar-refractivity contribution in [2.75, 3.05) is 39.6 Å². The van der Waals surface area contributed by atoms with Gasteiger partial charge in [-0.05, 0) is 49.4 Å². The minimum Gasteiger partial charge on any atom is -0.462 e. The summed E-state index contributed by atoms with van der Waals surface area (Å²) >= 11 is 0. The van der Waals surface area contributed by atoms with Crippen LogP contribution in [0.2, 0.25) is 0 Å². The summed E-state index contributed by atoms with van der Waals surface area (Å²) in [6, 6.07) is 0. The van der Waals surface area contributed by atoms with E-state index in [0.29, 0.717) is 31.6 Å². The Morgan fingerprint density at radius 1 is 0.311 bits per heavy atom. The van der Waals surface area contributed by atoms with Crippen LogP contribution in [0.5, 0.6) is 0 Å². The van der Waals surface area contributed by atoms with Crippen LogP contribution >= 0.6 is 15.6 Å². The second-order valence-electron chi connectivity index (χ2n) is 27.1. The number of hydrogen-bond donors (Lipinski definition) is 3. The molecule has 3 N–H and O–H groups in total. The molecule has 0 fully saturated rings. The Labute approximate surface area is 549 Å². The zero-order valence-electron chi connectivity index (χ0n) is 58.8. The summed E-state index contributed by atoms with van der Waals surface area (Å²) in [5, 5.41) is 10.6. The van der Waals surface area contributed by atoms with E-state index in [4.69, 9.17) is 37.0 Å². The highest BCUT2D eigenvalue weighted by Crippen LogP contribution is 2.45. The van der Waals surface area contributed by atoms with Gasteiger partial charge in [0.25, 0.3) is 0 Å². The number of aliphatic hydroxyl groups is 1. The number of phosphoric ester groups is 2. The highest BCUT2D eigenvalue weighted by atomic mass is 31.2. The van der Waals surface area contributed by atoms with Crippen LogP contribution in [0.25, 0.3) is 0 Å². The topological polar surface area (TPSA) is 237 Å². The van der Waals surface area contributed by atoms with Gasteiger partial charge in [-0.2, -0.15) is 0 Å². The molecule has 0 aromatic heterocycles. The van der Waals surface area contributed by atoms with Crippen LogP contribution in [-0.4, -0.2) is 96.7 Å². The summed E-state index contributed by atoms with van der Waals surface area (Å²) in [5.41, 5.74) is 0. The first-order valence-electron chi connectivity index (χ1n) is 36.8. The SMILES string of the molecule is CCC(C)CCCCCCCCCCCCCCCCC(=O)OC[C@H](COP(=O)(O)OC[C@@H](O)COP(=O)(O)OC[C@@H](COC(=O)CCCCCCCCC(C)CC)OC(=O)CCCCCCCCCCCCC(C)C)OC(=O)CCCCCCCCC(C)C. The first kappa shape index (κ1) is 88.1. The van der Waals surface area contributed by atoms with E-state index in [1.54, 1.807) is 0 Å². The lowest BCUT2D eigenvalue weighted by molar-refractivity contribution is -0.161. The molecule has 0 aliphatic carbocycles. The van der Waals surface area contributed by atoms with Crippen LogP contribution in [0.1, 0.15) is 351 Å². The van der Waals surface area contributed by atoms with Crippen LogP contribution in [0.3, 0.4) is 0 Å². The van der Waals surface area contributed by atoms with Crippen LogP contribution in [0.15, 0.2) is 0 Å². The standard InChI is InChI=1S/C71H138O17P2/c1-9-63(7)49-41-33-24-20-15-13-11-12-14-16-21-25-35-43-51-68(73)81-57-67(88-71(76)54-46-38-29-27-32-40-48-62(5)6)60-86-90(79,80)84-56-65(72)55-83-89(77,78)85-59-66(58-82-69(74)52-44-36-30-28-34-42-50-64(8)10-2)87-70(75)53-45-37-26-22-18-17-19-23-31-39-47-61(3)4/h61-67,72H,9-60H2,1-8H3,(H,77,78)(H,79,80)/t63?,64?,65-,66+,67+/m0/s1. The Balaban J connectivity index is 5.18. The van der Waals surface area contributed by atoms with E-state index in [9.17, 15) is 43.2 Å². The molecule has 0 aliphatic heterocycles. The Kier molecular flexibility index (Phi) is 59.4. The van der Waals surface area contributed by atoms with Crippen molar-refractivity contribution in [3.05, 3.63) is 0 Å². The van der Waals surface area contributed by atoms with Gasteiger partial charge in [0.2, 0.25) is 0 Å². The number of unbranched alkanes of at least 4 members (excludes halogenated alkanes) is 32. The minimum absolute atomic E-state index is 0.102. The fourth-order valence-corrected chi connectivity index (χ4v) is 12.2. The lowest BCUT2D eigenvalue weighted by Gasteiger charge is -2.21. The monoisotopic (exact) mass is 1320 g/mol. The second kappa shape index (κ2) is 60.7. The average Bonchev–Trinajstić information content (AvgIpc) is 3.10. The van der Waals surface area contributed by atoms with Gasteiger partial charge < -0.3 is 33.8 Å². The quantitative estimate of drug-likeness (QED) is 0.0222. The van der Waals surface area contributed by atoms with Gasteiger partial charge in [0.15, 0.2) is 12.2 Å². The van der Waals surface area contributed by atoms with Crippen molar-refractivity contribution in [2.24, 2.45) is 23.7 Å². The molecule has 0 saturated heterocycles. The summed E-state index contributed by atoms with van der Waals surface area (Å²) < 4.78 is 68.2. The molecule has 0 radical (unpaired) electrons. The number of ether oxygens (including phenoxy) is 4. The number of phosphoric acid groups is 2. The highest BCUT2D eigenvalue weighted by Gasteiger charge is 2.30. The largest absolute Gasteiger partial charge is 0.472 e. The van der Waals surface area contributed by atoms with Gasteiger partial charge in [0.1, 0.15) is 19.3 Å². The molecule has 0 spiro atoms. The normalized spacial score (nSPS) is 14.9. The second-order valence-corrected chi connectivity index (χ2v) is 30.0. The van der Waals surface area contributed by atoms with Gasteiger partial charge in [-0.25, -0.2) is 9.13 Å². The fourth-order valence-electron chi connectivity index (χ4n) is 10.6. The summed E-state index contributed by atoms with van der Waals surface area (Å²) in [6.45, 7) is 14.1. The lowest BCUT2D eigenvalue weighted by atomic mass is 9.99. The van der Waals surface area contributed by atoms with E-state index in [-0.39, 0.29) is 25.7 Å². The predicted molar refractivity (Wildman–Crippen MR) is 363 cm³/mol. The van der Waals surface area contributed by atoms with Gasteiger partial charge in [-0.15, -0.1) is 0 Å². The molecule has 534 valence electrons. The van der Waals surface area contributed by atoms with Crippen molar-refractivity contribution < 1.29 is 80.2 Å². The number of esters is 4. The lowest BCUT2D eigenvalue weighted by Crippen LogP contribution is -2.30. The Bertz CT molecular complexity index is 1790. The number of aliphatic hydroxyl groups excluding tert-OH is 1. The molecule has 4 unspecified atom stereocenters. The summed E-state index contributed by atoms with van der Waals surface area (Å²) in [5.74, 6) is 0.869. The van der Waals surface area contributed by atoms with Gasteiger partial charge in [0.05, 0.1) is 26.4 Å². The maximum absolute atomic E-state index is 13.0. The number of rotatable bonds is 68. The van der Waals surface area contributed by atoms with Crippen molar-refractivity contribution in [3.8, 4) is 0 Å². The van der Waals surface area contributed by atoms with E-state index in [1.165, 1.54) is 148 Å². The zero-order chi connectivity index (χ0) is 66.8. The molecule has 0 aromatic carbocycles. The van der Waals surface area contributed by atoms with Crippen LogP contribution in [0.4, 0.5) is 0 Å². The number of hydrogen-bond acceptors (Lipinski definition) is 15. The van der Waals surface area contributed by atoms with E-state index >= 15 is 0 Å². The van der Waals surface area contributed by atoms with Crippen molar-refractivity contribution in [1.29, 1.82) is 0 Å². The Morgan fingerprint density at radius 3 is 0.789 bits per heavy atom. The third-order valence-corrected chi connectivity index (χ3v) is 18.9. The van der Waals surface area contributed by atoms with Crippen LogP contribution < -0.4 is 0 Å². The van der Waals surface area contributed by atoms with Crippen molar-refractivity contribution in [2.45, 2.75) is 369 Å². The molecule has 7 atom stereocenters. The van der Waals surface area contributed by atoms with E-state index in [2.05, 4.69) is 55.4 Å². The maximum Gasteiger partial charge on any atom is 0.472 e. The summed E-state index contributed by atoms with van der Waals surface area (Å²) in [7, 11) is -9.90. The molecule has 90 heavy (non-hydrogen) atoms. The molecule has 0 aliphatic rings. The average molecular weight is 1330 g/mol. The van der Waals surface area contributed by atoms with E-state index in [1.807, 2.05) is 0 Å². The first-order chi connectivity index (χ1) is 43.2. The molecule has 17 nitrogen and oxygen atoms in total. The van der Waals surface area contributed by atoms with Crippen molar-refractivity contribution >= 4 is 39.5 Å². The zero-order valence-corrected chi connectivity index (χ0v) is 60.6. The molecule has 19 heteroatoms. The van der Waals surface area contributed by atoms with Crippen molar-refractivity contribution in [3.63, 3.8) is 0 Å². The molecule has 0 rings (SSSR count). The summed E-state index contributed by atoms with van der Waals surface area (Å²) in [6.07, 6.45) is 43.3. The molecule has 0 bridgehead atoms. The number of carbonyl (C=O) groups excluding carboxylic acids is 4. The van der Waals surface area contributed by atoms with E-state index in [0.717, 1.165) is 114 Å². The Hall–Kier alpha value is -1.94. The van der Waals surface area contributed by atoms with Gasteiger partial charge >= 0.3 is 39.5 Å². The fraction of sp³-hybridized carbons (Fsp3) is 0.944. The van der Waals surface area contributed by atoms with Gasteiger partial charge in [0, 0.05) is 25.7 Å². The summed E-state index contributed by atoms with van der Waals surface area (Å²) in [4.78, 5) is 72.5. The highest BCUT2D eigenvalue weighted by molar-refractivity contribution is 7.47. The van der Waals surface area contributed by atoms with Crippen molar-refractivity contribution in [1.82, 2.24) is 0 Å². The Morgan fingerprint density at radius 2 is 0.533 bits per heavy atom. The van der Waals surface area contributed by atoms with Gasteiger partial charge in [-0.1, -0.05) is 299 Å². The first-order valence-corrected chi connectivity index (χ1v) is 39.8. The molecule has 0 heterocycles. The molecular weight excluding hydrogens is 1190 g/mol. The maximum atomic E-state index is 13.0. The predicted octanol–water partition coefficient (Wildman–Crippen LogP) is 20.1. The molecule has 0 amide bonds. The molecule has 0 aromatic rings. The molecule has 0 saturated carbocycles. The minimum atomic E-state index is -4.95.